The van der Waals surface area contributed by atoms with E-state index in [1.807, 2.05) is 17.5 Å². The van der Waals surface area contributed by atoms with Gasteiger partial charge in [-0.2, -0.15) is 0 Å². The van der Waals surface area contributed by atoms with Gasteiger partial charge in [-0.3, -0.25) is 9.59 Å². The van der Waals surface area contributed by atoms with Crippen LogP contribution in [0.5, 0.6) is 0 Å². The highest BCUT2D eigenvalue weighted by molar-refractivity contribution is 7.09. The first-order valence-corrected chi connectivity index (χ1v) is 11.4. The van der Waals surface area contributed by atoms with Gasteiger partial charge in [0.15, 0.2) is 0 Å². The third-order valence-electron chi connectivity index (χ3n) is 4.69. The second-order valence-corrected chi connectivity index (χ2v) is 8.93. The van der Waals surface area contributed by atoms with Crippen LogP contribution in [0.3, 0.4) is 0 Å². The average molecular weight is 491 g/mol. The fourth-order valence-electron chi connectivity index (χ4n) is 3.10. The standard InChI is InChI=1S/C24H21Cl2FN2O2S/c1-2-11-28(24(31)21-10-7-18(25)13-22(21)26)16-23(30)29(15-20-4-3-12-32-20)14-17-5-8-19(27)9-6-17/h2-10,12-13H,1,11,14-16H2. The number of nitrogens with zero attached hydrogens (tertiary/aromatic N) is 2. The zero-order valence-corrected chi connectivity index (χ0v) is 19.5. The van der Waals surface area contributed by atoms with Crippen LogP contribution in [0.1, 0.15) is 20.8 Å². The van der Waals surface area contributed by atoms with Gasteiger partial charge in [0.05, 0.1) is 17.1 Å². The first-order chi connectivity index (χ1) is 15.4. The molecule has 2 aromatic carbocycles. The maximum atomic E-state index is 13.3. The summed E-state index contributed by atoms with van der Waals surface area (Å²) < 4.78 is 13.3. The van der Waals surface area contributed by atoms with Crippen molar-refractivity contribution >= 4 is 46.4 Å². The Hall–Kier alpha value is -2.67. The van der Waals surface area contributed by atoms with Crippen LogP contribution in [0, 0.1) is 5.82 Å². The lowest BCUT2D eigenvalue weighted by molar-refractivity contribution is -0.133. The Balaban J connectivity index is 1.81. The van der Waals surface area contributed by atoms with E-state index in [0.717, 1.165) is 10.4 Å². The number of halogens is 3. The van der Waals surface area contributed by atoms with Crippen molar-refractivity contribution in [1.82, 2.24) is 9.80 Å². The molecular weight excluding hydrogens is 470 g/mol. The van der Waals surface area contributed by atoms with Crippen LogP contribution in [0.25, 0.3) is 0 Å². The number of rotatable bonds is 9. The summed E-state index contributed by atoms with van der Waals surface area (Å²) in [6, 6.07) is 14.5. The summed E-state index contributed by atoms with van der Waals surface area (Å²) in [6.07, 6.45) is 1.55. The lowest BCUT2D eigenvalue weighted by Crippen LogP contribution is -2.42. The zero-order chi connectivity index (χ0) is 23.1. The maximum absolute atomic E-state index is 13.3. The Bertz CT molecular complexity index is 1090. The summed E-state index contributed by atoms with van der Waals surface area (Å²) in [5, 5.41) is 2.57. The molecule has 0 atom stereocenters. The molecule has 0 saturated heterocycles. The number of amides is 2. The predicted octanol–water partition coefficient (Wildman–Crippen LogP) is 6.05. The molecule has 3 aromatic rings. The summed E-state index contributed by atoms with van der Waals surface area (Å²) in [7, 11) is 0. The van der Waals surface area contributed by atoms with Crippen molar-refractivity contribution in [3.05, 3.63) is 104 Å². The van der Waals surface area contributed by atoms with Gasteiger partial charge in [0, 0.05) is 23.0 Å². The van der Waals surface area contributed by atoms with Crippen molar-refractivity contribution in [3.63, 3.8) is 0 Å². The van der Waals surface area contributed by atoms with Crippen LogP contribution >= 0.6 is 34.5 Å². The molecule has 0 aliphatic heterocycles. The molecule has 32 heavy (non-hydrogen) atoms. The second kappa shape index (κ2) is 11.3. The van der Waals surface area contributed by atoms with Crippen LogP contribution in [-0.2, 0) is 17.9 Å². The van der Waals surface area contributed by atoms with E-state index in [1.54, 1.807) is 29.2 Å². The van der Waals surface area contributed by atoms with Crippen LogP contribution in [0.4, 0.5) is 4.39 Å². The molecule has 1 heterocycles. The Morgan fingerprint density at radius 1 is 1.03 bits per heavy atom. The van der Waals surface area contributed by atoms with Crippen molar-refractivity contribution in [2.75, 3.05) is 13.1 Å². The van der Waals surface area contributed by atoms with E-state index in [0.29, 0.717) is 11.6 Å². The van der Waals surface area contributed by atoms with Gasteiger partial charge >= 0.3 is 0 Å². The normalized spacial score (nSPS) is 10.6. The van der Waals surface area contributed by atoms with Gasteiger partial charge in [-0.1, -0.05) is 47.5 Å². The van der Waals surface area contributed by atoms with Crippen LogP contribution in [-0.4, -0.2) is 34.7 Å². The smallest absolute Gasteiger partial charge is 0.256 e. The third-order valence-corrected chi connectivity index (χ3v) is 6.10. The summed E-state index contributed by atoms with van der Waals surface area (Å²) in [6.45, 7) is 4.38. The number of carbonyl (C=O) groups is 2. The second-order valence-electron chi connectivity index (χ2n) is 7.05. The molecule has 0 aliphatic rings. The number of hydrogen-bond acceptors (Lipinski definition) is 3. The molecule has 1 aromatic heterocycles. The predicted molar refractivity (Wildman–Crippen MR) is 128 cm³/mol. The van der Waals surface area contributed by atoms with E-state index in [4.69, 9.17) is 23.2 Å². The van der Waals surface area contributed by atoms with E-state index < -0.39 is 5.91 Å². The molecule has 0 radical (unpaired) electrons. The van der Waals surface area contributed by atoms with Gasteiger partial charge in [0.2, 0.25) is 5.91 Å². The number of thiophene rings is 1. The minimum atomic E-state index is -0.391. The molecule has 0 N–H and O–H groups in total. The number of benzene rings is 2. The molecule has 0 aliphatic carbocycles. The van der Waals surface area contributed by atoms with Crippen molar-refractivity contribution in [1.29, 1.82) is 0 Å². The first kappa shape index (κ1) is 24.0. The highest BCUT2D eigenvalue weighted by Crippen LogP contribution is 2.23. The van der Waals surface area contributed by atoms with Gasteiger partial charge in [0.25, 0.3) is 5.91 Å². The third kappa shape index (κ3) is 6.42. The fourth-order valence-corrected chi connectivity index (χ4v) is 4.31. The quantitative estimate of drug-likeness (QED) is 0.342. The highest BCUT2D eigenvalue weighted by Gasteiger charge is 2.24. The minimum absolute atomic E-state index is 0.156. The van der Waals surface area contributed by atoms with Crippen LogP contribution in [0.15, 0.2) is 72.6 Å². The van der Waals surface area contributed by atoms with E-state index >= 15 is 0 Å². The highest BCUT2D eigenvalue weighted by atomic mass is 35.5. The molecule has 2 amide bonds. The average Bonchev–Trinajstić information content (AvgIpc) is 3.27. The summed E-state index contributed by atoms with van der Waals surface area (Å²) in [5.74, 6) is -0.978. The number of carbonyl (C=O) groups excluding carboxylic acids is 2. The molecule has 4 nitrogen and oxygen atoms in total. The summed E-state index contributed by atoms with van der Waals surface area (Å²) >= 11 is 13.7. The van der Waals surface area contributed by atoms with E-state index in [1.165, 1.54) is 40.5 Å². The molecular formula is C24H21Cl2FN2O2S. The minimum Gasteiger partial charge on any atom is -0.332 e. The van der Waals surface area contributed by atoms with Crippen molar-refractivity contribution in [2.24, 2.45) is 0 Å². The van der Waals surface area contributed by atoms with Crippen molar-refractivity contribution < 1.29 is 14.0 Å². The topological polar surface area (TPSA) is 40.6 Å². The zero-order valence-electron chi connectivity index (χ0n) is 17.1. The van der Waals surface area contributed by atoms with Gasteiger partial charge in [0.1, 0.15) is 12.4 Å². The maximum Gasteiger partial charge on any atom is 0.256 e. The van der Waals surface area contributed by atoms with Crippen molar-refractivity contribution in [2.45, 2.75) is 13.1 Å². The van der Waals surface area contributed by atoms with E-state index in [-0.39, 0.29) is 41.9 Å². The molecule has 166 valence electrons. The van der Waals surface area contributed by atoms with Gasteiger partial charge in [-0.05, 0) is 47.3 Å². The SMILES string of the molecule is C=CCN(CC(=O)N(Cc1ccc(F)cc1)Cc1cccs1)C(=O)c1ccc(Cl)cc1Cl. The molecule has 0 unspecified atom stereocenters. The fraction of sp³-hybridized carbons (Fsp3) is 0.167. The van der Waals surface area contributed by atoms with E-state index in [2.05, 4.69) is 6.58 Å². The molecule has 0 spiro atoms. The van der Waals surface area contributed by atoms with Crippen molar-refractivity contribution in [3.8, 4) is 0 Å². The summed E-state index contributed by atoms with van der Waals surface area (Å²) in [5.41, 5.74) is 1.05. The molecule has 0 fully saturated rings. The monoisotopic (exact) mass is 490 g/mol. The molecule has 8 heteroatoms. The van der Waals surface area contributed by atoms with Gasteiger partial charge < -0.3 is 9.80 Å². The Morgan fingerprint density at radius 3 is 2.41 bits per heavy atom. The largest absolute Gasteiger partial charge is 0.332 e. The molecule has 3 rings (SSSR count). The van der Waals surface area contributed by atoms with Crippen LogP contribution in [0.2, 0.25) is 10.0 Å². The Labute approximate surface area is 200 Å². The Morgan fingerprint density at radius 2 is 1.78 bits per heavy atom. The Kier molecular flexibility index (Phi) is 8.45. The first-order valence-electron chi connectivity index (χ1n) is 9.77. The number of hydrogen-bond donors (Lipinski definition) is 0. The molecule has 0 saturated carbocycles. The van der Waals surface area contributed by atoms with Crippen LogP contribution < -0.4 is 0 Å². The van der Waals surface area contributed by atoms with Gasteiger partial charge in [-0.15, -0.1) is 17.9 Å². The van der Waals surface area contributed by atoms with E-state index in [9.17, 15) is 14.0 Å². The van der Waals surface area contributed by atoms with Gasteiger partial charge in [-0.25, -0.2) is 4.39 Å². The lowest BCUT2D eigenvalue weighted by Gasteiger charge is -2.27. The summed E-state index contributed by atoms with van der Waals surface area (Å²) in [4.78, 5) is 30.4. The lowest BCUT2D eigenvalue weighted by atomic mass is 10.2. The molecule has 0 bridgehead atoms.